The van der Waals surface area contributed by atoms with Crippen LogP contribution in [-0.4, -0.2) is 26.3 Å². The van der Waals surface area contributed by atoms with Crippen molar-refractivity contribution in [1.29, 1.82) is 0 Å². The molecule has 0 unspecified atom stereocenters. The molecule has 0 fully saturated rings. The lowest BCUT2D eigenvalue weighted by Crippen LogP contribution is -2.27. The molecule has 0 aromatic carbocycles. The smallest absolute Gasteiger partial charge is 0.0571 e. The van der Waals surface area contributed by atoms with Crippen molar-refractivity contribution in [2.45, 2.75) is 78.7 Å². The van der Waals surface area contributed by atoms with Gasteiger partial charge in [-0.1, -0.05) is 53.4 Å². The second kappa shape index (κ2) is 10.8. The summed E-state index contributed by atoms with van der Waals surface area (Å²) in [6.45, 7) is 11.3. The van der Waals surface area contributed by atoms with Crippen molar-refractivity contribution in [1.82, 2.24) is 5.32 Å². The Hall–Kier alpha value is -0.0800. The van der Waals surface area contributed by atoms with E-state index in [1.54, 1.807) is 0 Å². The average molecular weight is 257 g/mol. The first kappa shape index (κ1) is 17.9. The molecule has 0 aliphatic carbocycles. The van der Waals surface area contributed by atoms with Crippen LogP contribution < -0.4 is 5.32 Å². The lowest BCUT2D eigenvalue weighted by atomic mass is 9.97. The molecule has 2 heteroatoms. The van der Waals surface area contributed by atoms with Gasteiger partial charge in [0.2, 0.25) is 0 Å². The molecule has 0 aromatic heterocycles. The van der Waals surface area contributed by atoms with Crippen molar-refractivity contribution < 1.29 is 4.74 Å². The van der Waals surface area contributed by atoms with E-state index >= 15 is 0 Å². The van der Waals surface area contributed by atoms with Crippen LogP contribution in [-0.2, 0) is 4.74 Å². The monoisotopic (exact) mass is 257 g/mol. The van der Waals surface area contributed by atoms with Gasteiger partial charge in [0.1, 0.15) is 0 Å². The molecule has 2 nitrogen and oxygen atoms in total. The fourth-order valence-corrected chi connectivity index (χ4v) is 2.07. The summed E-state index contributed by atoms with van der Waals surface area (Å²) >= 11 is 0. The Morgan fingerprint density at radius 2 is 1.67 bits per heavy atom. The Labute approximate surface area is 115 Å². The minimum absolute atomic E-state index is 0.404. The third-order valence-corrected chi connectivity index (χ3v) is 3.25. The standard InChI is InChI=1S/C16H35NO/c1-6-7-11-15(18-5)12-9-8-10-13-17-14-16(2,3)4/h15,17H,6-14H2,1-5H3/t15-/m0/s1. The largest absolute Gasteiger partial charge is 0.381 e. The van der Waals surface area contributed by atoms with Gasteiger partial charge in [-0.2, -0.15) is 0 Å². The molecule has 0 spiro atoms. The van der Waals surface area contributed by atoms with E-state index in [1.165, 1.54) is 44.9 Å². The first-order valence-corrected chi connectivity index (χ1v) is 7.73. The number of rotatable bonds is 11. The molecular formula is C16H35NO. The van der Waals surface area contributed by atoms with E-state index in [4.69, 9.17) is 4.74 Å². The SMILES string of the molecule is CCCC[C@@H](CCCCCNCC(C)(C)C)OC. The maximum Gasteiger partial charge on any atom is 0.0571 e. The maximum atomic E-state index is 5.51. The summed E-state index contributed by atoms with van der Waals surface area (Å²) in [6.07, 6.45) is 9.45. The molecule has 0 rings (SSSR count). The van der Waals surface area contributed by atoms with Crippen LogP contribution >= 0.6 is 0 Å². The molecule has 1 N–H and O–H groups in total. The van der Waals surface area contributed by atoms with Gasteiger partial charge in [-0.25, -0.2) is 0 Å². The average Bonchev–Trinajstić information content (AvgIpc) is 2.30. The molecule has 0 saturated heterocycles. The minimum Gasteiger partial charge on any atom is -0.381 e. The summed E-state index contributed by atoms with van der Waals surface area (Å²) in [6, 6.07) is 0. The molecule has 0 bridgehead atoms. The maximum absolute atomic E-state index is 5.51. The summed E-state index contributed by atoms with van der Waals surface area (Å²) in [7, 11) is 1.85. The van der Waals surface area contributed by atoms with Gasteiger partial charge in [0.25, 0.3) is 0 Å². The molecule has 0 amide bonds. The second-order valence-corrected chi connectivity index (χ2v) is 6.59. The molecule has 0 aromatic rings. The fourth-order valence-electron chi connectivity index (χ4n) is 2.07. The van der Waals surface area contributed by atoms with Crippen LogP contribution in [0.25, 0.3) is 0 Å². The van der Waals surface area contributed by atoms with Crippen molar-refractivity contribution in [2.75, 3.05) is 20.2 Å². The van der Waals surface area contributed by atoms with Crippen molar-refractivity contribution >= 4 is 0 Å². The molecule has 18 heavy (non-hydrogen) atoms. The summed E-state index contributed by atoms with van der Waals surface area (Å²) in [4.78, 5) is 0. The molecule has 0 heterocycles. The highest BCUT2D eigenvalue weighted by Gasteiger charge is 2.08. The molecule has 0 radical (unpaired) electrons. The van der Waals surface area contributed by atoms with Gasteiger partial charge >= 0.3 is 0 Å². The van der Waals surface area contributed by atoms with Crippen molar-refractivity contribution in [2.24, 2.45) is 5.41 Å². The Morgan fingerprint density at radius 1 is 1.00 bits per heavy atom. The van der Waals surface area contributed by atoms with Crippen molar-refractivity contribution in [3.8, 4) is 0 Å². The fraction of sp³-hybridized carbons (Fsp3) is 1.00. The highest BCUT2D eigenvalue weighted by molar-refractivity contribution is 4.65. The third kappa shape index (κ3) is 12.4. The molecule has 1 atom stereocenters. The van der Waals surface area contributed by atoms with Gasteiger partial charge in [0, 0.05) is 7.11 Å². The van der Waals surface area contributed by atoms with Gasteiger partial charge < -0.3 is 10.1 Å². The van der Waals surface area contributed by atoms with Gasteiger partial charge in [-0.15, -0.1) is 0 Å². The number of hydrogen-bond acceptors (Lipinski definition) is 2. The molecule has 110 valence electrons. The van der Waals surface area contributed by atoms with Crippen LogP contribution in [0.4, 0.5) is 0 Å². The van der Waals surface area contributed by atoms with E-state index in [2.05, 4.69) is 33.0 Å². The molecule has 0 aliphatic rings. The van der Waals surface area contributed by atoms with Gasteiger partial charge in [0.05, 0.1) is 6.10 Å². The van der Waals surface area contributed by atoms with E-state index in [0.717, 1.165) is 13.1 Å². The minimum atomic E-state index is 0.404. The highest BCUT2D eigenvalue weighted by Crippen LogP contribution is 2.13. The zero-order valence-electron chi connectivity index (χ0n) is 13.3. The number of nitrogens with one attached hydrogen (secondary N) is 1. The zero-order chi connectivity index (χ0) is 13.9. The molecular weight excluding hydrogens is 222 g/mol. The Morgan fingerprint density at radius 3 is 2.22 bits per heavy atom. The summed E-state index contributed by atoms with van der Waals surface area (Å²) in [5.74, 6) is 0. The van der Waals surface area contributed by atoms with Crippen LogP contribution in [0.1, 0.15) is 72.6 Å². The van der Waals surface area contributed by atoms with Crippen LogP contribution in [0.15, 0.2) is 0 Å². The lowest BCUT2D eigenvalue weighted by molar-refractivity contribution is 0.0837. The van der Waals surface area contributed by atoms with E-state index in [9.17, 15) is 0 Å². The molecule has 0 aliphatic heterocycles. The zero-order valence-corrected chi connectivity index (χ0v) is 13.3. The van der Waals surface area contributed by atoms with Gasteiger partial charge in [-0.3, -0.25) is 0 Å². The lowest BCUT2D eigenvalue weighted by Gasteiger charge is -2.18. The predicted octanol–water partition coefficient (Wildman–Crippen LogP) is 4.39. The quantitative estimate of drug-likeness (QED) is 0.554. The number of ether oxygens (including phenoxy) is 1. The van der Waals surface area contributed by atoms with Crippen molar-refractivity contribution in [3.63, 3.8) is 0 Å². The summed E-state index contributed by atoms with van der Waals surface area (Å²) in [5.41, 5.74) is 0.404. The van der Waals surface area contributed by atoms with Crippen LogP contribution in [0, 0.1) is 5.41 Å². The van der Waals surface area contributed by atoms with E-state index < -0.39 is 0 Å². The topological polar surface area (TPSA) is 21.3 Å². The van der Waals surface area contributed by atoms with Crippen LogP contribution in [0.3, 0.4) is 0 Å². The van der Waals surface area contributed by atoms with Crippen molar-refractivity contribution in [3.05, 3.63) is 0 Å². The van der Waals surface area contributed by atoms with Gasteiger partial charge in [0.15, 0.2) is 0 Å². The number of methoxy groups -OCH3 is 1. The molecule has 0 saturated carbocycles. The van der Waals surface area contributed by atoms with E-state index in [-0.39, 0.29) is 0 Å². The predicted molar refractivity (Wildman–Crippen MR) is 81.1 cm³/mol. The Balaban J connectivity index is 3.33. The summed E-state index contributed by atoms with van der Waals surface area (Å²) < 4.78 is 5.51. The first-order chi connectivity index (χ1) is 8.49. The Bertz CT molecular complexity index is 174. The first-order valence-electron chi connectivity index (χ1n) is 7.73. The van der Waals surface area contributed by atoms with E-state index in [0.29, 0.717) is 11.5 Å². The highest BCUT2D eigenvalue weighted by atomic mass is 16.5. The summed E-state index contributed by atoms with van der Waals surface area (Å²) in [5, 5.41) is 3.53. The number of hydrogen-bond donors (Lipinski definition) is 1. The third-order valence-electron chi connectivity index (χ3n) is 3.25. The second-order valence-electron chi connectivity index (χ2n) is 6.59. The normalized spacial score (nSPS) is 13.8. The number of unbranched alkanes of at least 4 members (excludes halogenated alkanes) is 3. The van der Waals surface area contributed by atoms with Crippen LogP contribution in [0.2, 0.25) is 0 Å². The Kier molecular flexibility index (Phi) is 10.8. The van der Waals surface area contributed by atoms with Gasteiger partial charge in [-0.05, 0) is 37.8 Å². The van der Waals surface area contributed by atoms with Crippen LogP contribution in [0.5, 0.6) is 0 Å². The van der Waals surface area contributed by atoms with E-state index in [1.807, 2.05) is 7.11 Å².